The predicted molar refractivity (Wildman–Crippen MR) is 219 cm³/mol. The molecular formula is C49H33N3O. The van der Waals surface area contributed by atoms with Crippen LogP contribution in [0.2, 0.25) is 0 Å². The van der Waals surface area contributed by atoms with Gasteiger partial charge in [-0.05, 0) is 68.4 Å². The number of nitrogens with zero attached hydrogens (tertiary/aromatic N) is 2. The molecule has 8 aromatic carbocycles. The molecule has 0 saturated heterocycles. The van der Waals surface area contributed by atoms with Gasteiger partial charge in [0.1, 0.15) is 23.2 Å². The number of nitrogens with one attached hydrogen (secondary N) is 1. The van der Waals surface area contributed by atoms with E-state index in [1.54, 1.807) is 0 Å². The highest BCUT2D eigenvalue weighted by molar-refractivity contribution is 6.19. The first-order valence-electron chi connectivity index (χ1n) is 17.9. The van der Waals surface area contributed by atoms with Crippen molar-refractivity contribution in [2.45, 2.75) is 6.17 Å². The highest BCUT2D eigenvalue weighted by Gasteiger charge is 2.22. The van der Waals surface area contributed by atoms with E-state index < -0.39 is 0 Å². The van der Waals surface area contributed by atoms with Crippen LogP contribution in [0, 0.1) is 0 Å². The summed E-state index contributed by atoms with van der Waals surface area (Å²) in [4.78, 5) is 10.2. The Balaban J connectivity index is 1.15. The van der Waals surface area contributed by atoms with E-state index in [1.807, 2.05) is 36.4 Å². The van der Waals surface area contributed by atoms with Crippen LogP contribution in [-0.4, -0.2) is 11.7 Å². The fourth-order valence-corrected chi connectivity index (χ4v) is 7.50. The molecule has 4 heteroatoms. The molecule has 53 heavy (non-hydrogen) atoms. The van der Waals surface area contributed by atoms with Gasteiger partial charge >= 0.3 is 0 Å². The number of benzene rings is 8. The summed E-state index contributed by atoms with van der Waals surface area (Å²) in [6.07, 6.45) is -0.261. The fourth-order valence-electron chi connectivity index (χ4n) is 7.50. The third-order valence-corrected chi connectivity index (χ3v) is 10.1. The van der Waals surface area contributed by atoms with E-state index in [0.29, 0.717) is 5.84 Å². The van der Waals surface area contributed by atoms with Crippen LogP contribution >= 0.6 is 0 Å². The Bertz CT molecular complexity index is 2840. The van der Waals surface area contributed by atoms with Crippen molar-refractivity contribution in [1.29, 1.82) is 0 Å². The van der Waals surface area contributed by atoms with Gasteiger partial charge in [0.05, 0.1) is 0 Å². The molecule has 4 nitrogen and oxygen atoms in total. The minimum absolute atomic E-state index is 0.261. The Morgan fingerprint density at radius 2 is 1.08 bits per heavy atom. The van der Waals surface area contributed by atoms with Gasteiger partial charge in [-0.2, -0.15) is 0 Å². The Kier molecular flexibility index (Phi) is 7.51. The lowest BCUT2D eigenvalue weighted by Crippen LogP contribution is -2.33. The summed E-state index contributed by atoms with van der Waals surface area (Å²) in [6, 6.07) is 65.9. The first-order valence-corrected chi connectivity index (χ1v) is 17.9. The molecule has 0 amide bonds. The van der Waals surface area contributed by atoms with E-state index in [9.17, 15) is 0 Å². The van der Waals surface area contributed by atoms with Crippen LogP contribution < -0.4 is 5.32 Å². The smallest absolute Gasteiger partial charge is 0.159 e. The molecule has 1 N–H and O–H groups in total. The summed E-state index contributed by atoms with van der Waals surface area (Å²) in [5.74, 6) is 1.49. The molecule has 1 unspecified atom stereocenters. The van der Waals surface area contributed by atoms with Gasteiger partial charge in [0.15, 0.2) is 5.84 Å². The van der Waals surface area contributed by atoms with Gasteiger partial charge in [0, 0.05) is 27.5 Å². The Morgan fingerprint density at radius 3 is 1.83 bits per heavy atom. The Hall–Kier alpha value is -7.04. The highest BCUT2D eigenvalue weighted by atomic mass is 16.3. The molecule has 0 radical (unpaired) electrons. The van der Waals surface area contributed by atoms with Crippen molar-refractivity contribution in [2.75, 3.05) is 0 Å². The van der Waals surface area contributed by atoms with Gasteiger partial charge in [-0.1, -0.05) is 164 Å². The van der Waals surface area contributed by atoms with E-state index in [1.165, 1.54) is 16.5 Å². The molecule has 1 aliphatic rings. The molecule has 1 aliphatic heterocycles. The quantitative estimate of drug-likeness (QED) is 0.190. The van der Waals surface area contributed by atoms with Crippen LogP contribution in [0.1, 0.15) is 22.9 Å². The maximum atomic E-state index is 6.59. The average Bonchev–Trinajstić information content (AvgIpc) is 3.60. The van der Waals surface area contributed by atoms with E-state index in [4.69, 9.17) is 14.4 Å². The van der Waals surface area contributed by atoms with Gasteiger partial charge in [0.2, 0.25) is 0 Å². The third kappa shape index (κ3) is 5.67. The lowest BCUT2D eigenvalue weighted by Gasteiger charge is -2.23. The number of aliphatic imine (C=N–C) groups is 2. The summed E-state index contributed by atoms with van der Waals surface area (Å²) in [5, 5.41) is 8.12. The van der Waals surface area contributed by atoms with Gasteiger partial charge in [0.25, 0.3) is 0 Å². The van der Waals surface area contributed by atoms with Crippen LogP contribution in [0.5, 0.6) is 0 Å². The lowest BCUT2D eigenvalue weighted by atomic mass is 9.89. The van der Waals surface area contributed by atoms with E-state index >= 15 is 0 Å². The SMILES string of the molecule is c1ccc(C2=NC(c3ccc(-c4c(-c5cccc(-c6ccccc6)c5)ccc5oc6cc7ccccc7cc6c45)cc3)=NC(c3ccccc3)N2)cc1. The molecule has 0 bridgehead atoms. The minimum atomic E-state index is -0.261. The average molecular weight is 680 g/mol. The molecule has 0 saturated carbocycles. The highest BCUT2D eigenvalue weighted by Crippen LogP contribution is 2.44. The monoisotopic (exact) mass is 679 g/mol. The zero-order valence-electron chi connectivity index (χ0n) is 28.8. The third-order valence-electron chi connectivity index (χ3n) is 10.1. The van der Waals surface area contributed by atoms with Crippen molar-refractivity contribution in [3.63, 3.8) is 0 Å². The van der Waals surface area contributed by atoms with Crippen molar-refractivity contribution in [3.8, 4) is 33.4 Å². The molecule has 2 heterocycles. The van der Waals surface area contributed by atoms with Crippen molar-refractivity contribution < 1.29 is 4.42 Å². The summed E-state index contributed by atoms with van der Waals surface area (Å²) in [6.45, 7) is 0. The maximum Gasteiger partial charge on any atom is 0.159 e. The minimum Gasteiger partial charge on any atom is -0.456 e. The summed E-state index contributed by atoms with van der Waals surface area (Å²) in [5.41, 5.74) is 11.7. The van der Waals surface area contributed by atoms with Crippen LogP contribution in [-0.2, 0) is 0 Å². The number of amidine groups is 2. The lowest BCUT2D eigenvalue weighted by molar-refractivity contribution is 0.669. The number of furan rings is 1. The molecule has 0 spiro atoms. The Labute approximate surface area is 307 Å². The number of hydrogen-bond acceptors (Lipinski definition) is 4. The molecule has 1 atom stereocenters. The van der Waals surface area contributed by atoms with Gasteiger partial charge in [-0.15, -0.1) is 0 Å². The first kappa shape index (κ1) is 30.8. The van der Waals surface area contributed by atoms with E-state index in [0.717, 1.165) is 72.1 Å². The largest absolute Gasteiger partial charge is 0.456 e. The maximum absolute atomic E-state index is 6.59. The number of fused-ring (bicyclic) bond motifs is 4. The van der Waals surface area contributed by atoms with E-state index in [-0.39, 0.29) is 6.17 Å². The molecule has 9 aromatic rings. The molecule has 10 rings (SSSR count). The van der Waals surface area contributed by atoms with Crippen LogP contribution in [0.25, 0.3) is 66.1 Å². The topological polar surface area (TPSA) is 49.9 Å². The van der Waals surface area contributed by atoms with Crippen molar-refractivity contribution in [2.24, 2.45) is 9.98 Å². The molecule has 250 valence electrons. The molecular weight excluding hydrogens is 647 g/mol. The van der Waals surface area contributed by atoms with Crippen LogP contribution in [0.4, 0.5) is 0 Å². The van der Waals surface area contributed by atoms with Crippen LogP contribution in [0.15, 0.2) is 202 Å². The zero-order chi connectivity index (χ0) is 35.1. The normalized spacial score (nSPS) is 14.2. The standard InChI is InChI=1S/C49H33N3O/c1-4-13-32(14-5-1)37-21-12-22-40(29-37)41-27-28-43-46(42-30-38-19-10-11-20-39(38)31-44(42)53-43)45(41)33-23-25-36(26-24-33)49-51-47(34-15-6-2-7-16-34)50-48(52-49)35-17-8-3-9-18-35/h1-31,47H,(H,50,51,52). The number of hydrogen-bond donors (Lipinski definition) is 1. The predicted octanol–water partition coefficient (Wildman–Crippen LogP) is 12.2. The van der Waals surface area contributed by atoms with Gasteiger partial charge in [-0.3, -0.25) is 0 Å². The number of rotatable bonds is 6. The van der Waals surface area contributed by atoms with Crippen LogP contribution in [0.3, 0.4) is 0 Å². The fraction of sp³-hybridized carbons (Fsp3) is 0.0204. The van der Waals surface area contributed by atoms with Crippen molar-refractivity contribution >= 4 is 44.4 Å². The zero-order valence-corrected chi connectivity index (χ0v) is 28.8. The molecule has 0 aliphatic carbocycles. The van der Waals surface area contributed by atoms with Gasteiger partial charge in [-0.25, -0.2) is 9.98 Å². The first-order chi connectivity index (χ1) is 26.2. The second-order valence-corrected chi connectivity index (χ2v) is 13.4. The van der Waals surface area contributed by atoms with Gasteiger partial charge < -0.3 is 9.73 Å². The second-order valence-electron chi connectivity index (χ2n) is 13.4. The molecule has 0 fully saturated rings. The summed E-state index contributed by atoms with van der Waals surface area (Å²) < 4.78 is 6.59. The summed E-state index contributed by atoms with van der Waals surface area (Å²) >= 11 is 0. The van der Waals surface area contributed by atoms with Crippen molar-refractivity contribution in [1.82, 2.24) is 5.32 Å². The summed E-state index contributed by atoms with van der Waals surface area (Å²) in [7, 11) is 0. The molecule has 1 aromatic heterocycles. The van der Waals surface area contributed by atoms with E-state index in [2.05, 4.69) is 157 Å². The van der Waals surface area contributed by atoms with Crippen molar-refractivity contribution in [3.05, 3.63) is 205 Å². The Morgan fingerprint density at radius 1 is 0.453 bits per heavy atom. The second kappa shape index (κ2) is 12.9.